The second kappa shape index (κ2) is 8.93. The molecule has 4 aromatic rings. The molecule has 36 heavy (non-hydrogen) atoms. The molecule has 0 unspecified atom stereocenters. The molecule has 1 aromatic heterocycles. The number of aliphatic imine (C=N–C) groups is 1. The fourth-order valence-corrected chi connectivity index (χ4v) is 5.63. The van der Waals surface area contributed by atoms with Gasteiger partial charge in [0.05, 0.1) is 10.6 Å². The molecule has 0 spiro atoms. The second-order valence-corrected chi connectivity index (χ2v) is 9.99. The fraction of sp³-hybridized carbons (Fsp3) is 0.0714. The Balaban J connectivity index is 1.38. The number of halogens is 1. The van der Waals surface area contributed by atoms with Gasteiger partial charge in [-0.2, -0.15) is 15.1 Å². The zero-order chi connectivity index (χ0) is 24.8. The Kier molecular flexibility index (Phi) is 5.59. The minimum absolute atomic E-state index is 0.00457. The number of aryl methyl sites for hydroxylation is 1. The Morgan fingerprint density at radius 3 is 2.69 bits per heavy atom. The highest BCUT2D eigenvalue weighted by Crippen LogP contribution is 2.34. The first kappa shape index (κ1) is 22.5. The Morgan fingerprint density at radius 1 is 1.06 bits per heavy atom. The lowest BCUT2D eigenvalue weighted by atomic mass is 10.1. The molecule has 0 fully saturated rings. The molecule has 6 rings (SSSR count). The number of aromatic nitrogens is 1. The first-order valence-electron chi connectivity index (χ1n) is 11.4. The zero-order valence-electron chi connectivity index (χ0n) is 19.3. The van der Waals surface area contributed by atoms with Crippen molar-refractivity contribution in [1.82, 2.24) is 9.58 Å². The quantitative estimate of drug-likeness (QED) is 0.327. The van der Waals surface area contributed by atoms with Gasteiger partial charge in [-0.05, 0) is 42.5 Å². The van der Waals surface area contributed by atoms with E-state index in [4.69, 9.17) is 17.0 Å². The minimum atomic E-state index is -0.454. The van der Waals surface area contributed by atoms with Crippen molar-refractivity contribution in [3.05, 3.63) is 112 Å². The number of carbonyl (C=O) groups excluding carboxylic acids is 1. The van der Waals surface area contributed by atoms with Crippen molar-refractivity contribution >= 4 is 62.3 Å². The van der Waals surface area contributed by atoms with Crippen LogP contribution in [-0.2, 0) is 11.3 Å². The van der Waals surface area contributed by atoms with Gasteiger partial charge in [0.1, 0.15) is 5.04 Å². The highest BCUT2D eigenvalue weighted by atomic mass is 35.5. The van der Waals surface area contributed by atoms with Crippen LogP contribution in [0.3, 0.4) is 0 Å². The number of para-hydroxylation sites is 1. The third kappa shape index (κ3) is 3.96. The summed E-state index contributed by atoms with van der Waals surface area (Å²) in [6, 6.07) is 23.8. The van der Waals surface area contributed by atoms with Crippen LogP contribution in [0.5, 0.6) is 0 Å². The lowest BCUT2D eigenvalue weighted by Crippen LogP contribution is -2.35. The van der Waals surface area contributed by atoms with E-state index in [1.165, 1.54) is 27.9 Å². The number of rotatable bonds is 4. The third-order valence-corrected chi connectivity index (χ3v) is 7.38. The maximum absolute atomic E-state index is 13.0. The van der Waals surface area contributed by atoms with Crippen LogP contribution < -0.4 is 0 Å². The van der Waals surface area contributed by atoms with Gasteiger partial charge < -0.3 is 4.57 Å². The molecule has 6 nitrogen and oxygen atoms in total. The average molecular weight is 510 g/mol. The molecular weight excluding hydrogens is 490 g/mol. The lowest BCUT2D eigenvalue weighted by molar-refractivity contribution is -0.114. The molecule has 1 N–H and O–H groups in total. The van der Waals surface area contributed by atoms with E-state index in [1.54, 1.807) is 12.1 Å². The largest absolute Gasteiger partial charge is 0.342 e. The van der Waals surface area contributed by atoms with E-state index in [2.05, 4.69) is 51.9 Å². The van der Waals surface area contributed by atoms with Crippen LogP contribution in [0.25, 0.3) is 17.0 Å². The fourth-order valence-electron chi connectivity index (χ4n) is 4.42. The van der Waals surface area contributed by atoms with E-state index in [1.807, 2.05) is 42.6 Å². The van der Waals surface area contributed by atoms with Gasteiger partial charge in [-0.25, -0.2) is 0 Å². The predicted molar refractivity (Wildman–Crippen MR) is 148 cm³/mol. The molecule has 2 aliphatic rings. The number of thioether (sulfide) groups is 1. The van der Waals surface area contributed by atoms with Gasteiger partial charge in [-0.1, -0.05) is 77.8 Å². The van der Waals surface area contributed by atoms with Gasteiger partial charge in [-0.3, -0.25) is 10.2 Å². The molecule has 1 amide bonds. The topological polar surface area (TPSA) is 73.8 Å². The summed E-state index contributed by atoms with van der Waals surface area (Å²) < 4.78 is 2.17. The lowest BCUT2D eigenvalue weighted by Gasteiger charge is -2.20. The molecule has 8 heteroatoms. The monoisotopic (exact) mass is 509 g/mol. The van der Waals surface area contributed by atoms with Crippen molar-refractivity contribution < 1.29 is 4.79 Å². The van der Waals surface area contributed by atoms with Crippen LogP contribution in [0.2, 0.25) is 5.02 Å². The van der Waals surface area contributed by atoms with Gasteiger partial charge in [0.15, 0.2) is 5.84 Å². The highest BCUT2D eigenvalue weighted by Gasteiger charge is 2.36. The molecule has 2 aliphatic heterocycles. The second-order valence-electron chi connectivity index (χ2n) is 8.62. The number of amides is 1. The first-order chi connectivity index (χ1) is 17.5. The summed E-state index contributed by atoms with van der Waals surface area (Å²) >= 11 is 7.58. The standard InChI is InChI=1S/C28H20ClN5OS/c1-17-7-6-8-18(13-17)15-33-16-19(20-9-3-5-12-24(20)33)14-22-25(30)34-28(31-26(22)35)36-27(32-34)21-10-2-4-11-23(21)29/h2-14,16,30H,15H2,1H3/b22-14-,30-25?. The number of benzene rings is 3. The van der Waals surface area contributed by atoms with Crippen molar-refractivity contribution in [2.75, 3.05) is 0 Å². The summed E-state index contributed by atoms with van der Waals surface area (Å²) in [5.41, 5.74) is 5.25. The molecule has 0 aliphatic carbocycles. The van der Waals surface area contributed by atoms with Crippen LogP contribution in [0.4, 0.5) is 0 Å². The van der Waals surface area contributed by atoms with E-state index >= 15 is 0 Å². The average Bonchev–Trinajstić information content (AvgIpc) is 3.44. The van der Waals surface area contributed by atoms with Crippen LogP contribution in [0.1, 0.15) is 22.3 Å². The van der Waals surface area contributed by atoms with Crippen molar-refractivity contribution in [3.8, 4) is 0 Å². The minimum Gasteiger partial charge on any atom is -0.342 e. The molecule has 0 saturated carbocycles. The first-order valence-corrected chi connectivity index (χ1v) is 12.6. The molecule has 0 atom stereocenters. The van der Waals surface area contributed by atoms with Crippen LogP contribution >= 0.6 is 23.4 Å². The molecule has 0 saturated heterocycles. The van der Waals surface area contributed by atoms with E-state index < -0.39 is 5.91 Å². The smallest absolute Gasteiger partial charge is 0.283 e. The van der Waals surface area contributed by atoms with Crippen molar-refractivity contribution in [1.29, 1.82) is 5.41 Å². The number of hydrazone groups is 1. The van der Waals surface area contributed by atoms with Crippen molar-refractivity contribution in [2.24, 2.45) is 10.1 Å². The maximum atomic E-state index is 13.0. The zero-order valence-corrected chi connectivity index (χ0v) is 20.8. The summed E-state index contributed by atoms with van der Waals surface area (Å²) in [6.45, 7) is 2.78. The Morgan fingerprint density at radius 2 is 1.86 bits per heavy atom. The summed E-state index contributed by atoms with van der Waals surface area (Å²) in [4.78, 5) is 17.2. The number of nitrogens with one attached hydrogen (secondary N) is 1. The molecule has 3 heterocycles. The van der Waals surface area contributed by atoms with E-state index in [0.717, 1.165) is 22.0 Å². The van der Waals surface area contributed by atoms with E-state index in [9.17, 15) is 4.79 Å². The highest BCUT2D eigenvalue weighted by molar-refractivity contribution is 8.27. The van der Waals surface area contributed by atoms with Gasteiger partial charge in [0.2, 0.25) is 5.17 Å². The van der Waals surface area contributed by atoms with Crippen LogP contribution in [0.15, 0.2) is 94.7 Å². The number of amidine groups is 2. The third-order valence-electron chi connectivity index (χ3n) is 6.11. The summed E-state index contributed by atoms with van der Waals surface area (Å²) in [5.74, 6) is -0.458. The molecule has 0 bridgehead atoms. The number of hydrogen-bond acceptors (Lipinski definition) is 4. The number of hydrogen-bond donors (Lipinski definition) is 1. The molecule has 3 aromatic carbocycles. The maximum Gasteiger partial charge on any atom is 0.283 e. The van der Waals surface area contributed by atoms with E-state index in [-0.39, 0.29) is 11.4 Å². The van der Waals surface area contributed by atoms with Crippen molar-refractivity contribution in [3.63, 3.8) is 0 Å². The SMILES string of the molecule is Cc1cccc(Cn2cc(/C=C3/C(=N)N4N=C(c5ccccc5Cl)SC4=NC3=O)c3ccccc32)c1. The van der Waals surface area contributed by atoms with Gasteiger partial charge in [0.25, 0.3) is 5.91 Å². The summed E-state index contributed by atoms with van der Waals surface area (Å²) in [5, 5.41) is 17.3. The summed E-state index contributed by atoms with van der Waals surface area (Å²) in [7, 11) is 0. The molecule has 0 radical (unpaired) electrons. The number of fused-ring (bicyclic) bond motifs is 2. The van der Waals surface area contributed by atoms with Crippen molar-refractivity contribution in [2.45, 2.75) is 13.5 Å². The van der Waals surface area contributed by atoms with Crippen LogP contribution in [0, 0.1) is 12.3 Å². The predicted octanol–water partition coefficient (Wildman–Crippen LogP) is 6.32. The Hall–Kier alpha value is -3.94. The number of nitrogens with zero attached hydrogens (tertiary/aromatic N) is 4. The number of carbonyl (C=O) groups is 1. The molecule has 176 valence electrons. The van der Waals surface area contributed by atoms with Gasteiger partial charge >= 0.3 is 0 Å². The van der Waals surface area contributed by atoms with E-state index in [0.29, 0.717) is 21.8 Å². The normalized spacial score (nSPS) is 16.5. The Labute approximate surface area is 217 Å². The Bertz CT molecular complexity index is 1670. The van der Waals surface area contributed by atoms with Gasteiger partial charge in [0, 0.05) is 34.8 Å². The summed E-state index contributed by atoms with van der Waals surface area (Å²) in [6.07, 6.45) is 3.77. The van der Waals surface area contributed by atoms with Gasteiger partial charge in [-0.15, -0.1) is 0 Å². The van der Waals surface area contributed by atoms with Crippen LogP contribution in [-0.4, -0.2) is 31.5 Å². The molecular formula is C28H20ClN5OS.